The number of rotatable bonds is 4. The lowest BCUT2D eigenvalue weighted by Gasteiger charge is -2.04. The van der Waals surface area contributed by atoms with Gasteiger partial charge in [-0.05, 0) is 65.9 Å². The van der Waals surface area contributed by atoms with E-state index in [1.54, 1.807) is 0 Å². The average molecular weight is 405 g/mol. The molecule has 0 unspecified atom stereocenters. The number of hydrogen-bond donors (Lipinski definition) is 1. The molecule has 0 aliphatic carbocycles. The highest BCUT2D eigenvalue weighted by Gasteiger charge is 2.06. The summed E-state index contributed by atoms with van der Waals surface area (Å²) in [6.45, 7) is 2.63. The first-order valence-corrected chi connectivity index (χ1v) is 8.19. The third-order valence-electron chi connectivity index (χ3n) is 3.52. The molecule has 1 aromatic carbocycles. The largest absolute Gasteiger partial charge is 0.352 e. The first-order valence-electron chi connectivity index (χ1n) is 7.11. The number of carbonyl (C=O) groups is 1. The van der Waals surface area contributed by atoms with Gasteiger partial charge in [0, 0.05) is 34.0 Å². The number of nitrogens with one attached hydrogen (secondary N) is 1. The van der Waals surface area contributed by atoms with Crippen LogP contribution in [0, 0.1) is 10.5 Å². The van der Waals surface area contributed by atoms with Crippen LogP contribution in [-0.4, -0.2) is 21.8 Å². The topological polar surface area (TPSA) is 46.4 Å². The van der Waals surface area contributed by atoms with E-state index in [4.69, 9.17) is 0 Å². The maximum absolute atomic E-state index is 12.0. The Morgan fingerprint density at radius 2 is 2.00 bits per heavy atom. The molecule has 0 atom stereocenters. The first-order chi connectivity index (χ1) is 10.6. The highest BCUT2D eigenvalue weighted by Crippen LogP contribution is 2.09. The molecule has 1 N–H and O–H groups in total. The predicted octanol–water partition coefficient (Wildman–Crippen LogP) is 3.22. The zero-order valence-electron chi connectivity index (χ0n) is 12.2. The molecule has 0 aliphatic rings. The van der Waals surface area contributed by atoms with E-state index in [0.29, 0.717) is 12.1 Å². The van der Waals surface area contributed by atoms with E-state index in [1.165, 1.54) is 0 Å². The summed E-state index contributed by atoms with van der Waals surface area (Å²) in [5, 5.41) is 2.94. The van der Waals surface area contributed by atoms with Gasteiger partial charge in [-0.2, -0.15) is 0 Å². The van der Waals surface area contributed by atoms with Crippen LogP contribution >= 0.6 is 22.6 Å². The molecule has 3 rings (SSSR count). The van der Waals surface area contributed by atoms with Gasteiger partial charge in [0.25, 0.3) is 5.91 Å². The maximum atomic E-state index is 12.0. The number of benzene rings is 1. The quantitative estimate of drug-likeness (QED) is 0.678. The number of carbonyl (C=O) groups excluding carboxylic acids is 1. The van der Waals surface area contributed by atoms with Crippen LogP contribution in [-0.2, 0) is 6.42 Å². The van der Waals surface area contributed by atoms with Gasteiger partial charge >= 0.3 is 0 Å². The van der Waals surface area contributed by atoms with Crippen molar-refractivity contribution in [3.8, 4) is 0 Å². The molecule has 0 saturated heterocycles. The number of aryl methyl sites for hydroxylation is 1. The zero-order valence-corrected chi connectivity index (χ0v) is 14.4. The summed E-state index contributed by atoms with van der Waals surface area (Å²) in [4.78, 5) is 16.6. The molecule has 0 radical (unpaired) electrons. The van der Waals surface area contributed by atoms with E-state index in [9.17, 15) is 4.79 Å². The van der Waals surface area contributed by atoms with Crippen LogP contribution in [0.2, 0.25) is 0 Å². The van der Waals surface area contributed by atoms with E-state index >= 15 is 0 Å². The summed E-state index contributed by atoms with van der Waals surface area (Å²) in [6, 6.07) is 13.6. The molecule has 4 nitrogen and oxygen atoms in total. The van der Waals surface area contributed by atoms with Gasteiger partial charge < -0.3 is 9.72 Å². The summed E-state index contributed by atoms with van der Waals surface area (Å²) in [5.74, 6) is -0.0451. The van der Waals surface area contributed by atoms with Crippen molar-refractivity contribution >= 4 is 34.1 Å². The van der Waals surface area contributed by atoms with Gasteiger partial charge in [0.05, 0.1) is 5.69 Å². The van der Waals surface area contributed by atoms with Crippen LogP contribution in [0.1, 0.15) is 21.7 Å². The van der Waals surface area contributed by atoms with Crippen molar-refractivity contribution in [2.45, 2.75) is 13.3 Å². The fourth-order valence-corrected chi connectivity index (χ4v) is 2.69. The Kier molecular flexibility index (Phi) is 4.42. The lowest BCUT2D eigenvalue weighted by atomic mass is 10.2. The summed E-state index contributed by atoms with van der Waals surface area (Å²) < 4.78 is 3.19. The van der Waals surface area contributed by atoms with E-state index in [2.05, 4.69) is 50.3 Å². The van der Waals surface area contributed by atoms with Gasteiger partial charge in [-0.3, -0.25) is 4.79 Å². The molecule has 3 aromatic rings. The lowest BCUT2D eigenvalue weighted by molar-refractivity contribution is 0.0954. The summed E-state index contributed by atoms with van der Waals surface area (Å²) in [5.41, 5.74) is 3.77. The van der Waals surface area contributed by atoms with E-state index < -0.39 is 0 Å². The number of halogens is 1. The van der Waals surface area contributed by atoms with Gasteiger partial charge in [-0.1, -0.05) is 6.07 Å². The number of aromatic nitrogens is 2. The Morgan fingerprint density at radius 3 is 2.73 bits per heavy atom. The maximum Gasteiger partial charge on any atom is 0.251 e. The van der Waals surface area contributed by atoms with Gasteiger partial charge in [-0.25, -0.2) is 4.98 Å². The molecule has 2 aromatic heterocycles. The smallest absolute Gasteiger partial charge is 0.251 e. The van der Waals surface area contributed by atoms with Crippen molar-refractivity contribution in [3.63, 3.8) is 0 Å². The van der Waals surface area contributed by atoms with Gasteiger partial charge in [-0.15, -0.1) is 0 Å². The standard InChI is InChI=1S/C17H16IN3O/c1-12-3-2-4-16-20-15(11-21(12)16)9-10-19-17(22)13-5-7-14(18)8-6-13/h2-8,11H,9-10H2,1H3,(H,19,22). The number of fused-ring (bicyclic) bond motifs is 1. The highest BCUT2D eigenvalue weighted by molar-refractivity contribution is 14.1. The molecule has 1 amide bonds. The van der Waals surface area contributed by atoms with E-state index in [1.807, 2.05) is 42.6 Å². The van der Waals surface area contributed by atoms with Gasteiger partial charge in [0.2, 0.25) is 0 Å². The molecule has 2 heterocycles. The number of pyridine rings is 1. The minimum absolute atomic E-state index is 0.0451. The third-order valence-corrected chi connectivity index (χ3v) is 4.24. The summed E-state index contributed by atoms with van der Waals surface area (Å²) >= 11 is 2.22. The number of hydrogen-bond acceptors (Lipinski definition) is 2. The zero-order chi connectivity index (χ0) is 15.5. The van der Waals surface area contributed by atoms with Crippen LogP contribution in [0.4, 0.5) is 0 Å². The molecule has 5 heteroatoms. The average Bonchev–Trinajstić information content (AvgIpc) is 2.92. The molecular weight excluding hydrogens is 389 g/mol. The van der Waals surface area contributed by atoms with Crippen molar-refractivity contribution < 1.29 is 4.79 Å². The first kappa shape index (κ1) is 15.0. The monoisotopic (exact) mass is 405 g/mol. The molecule has 0 aliphatic heterocycles. The Labute approximate surface area is 142 Å². The van der Waals surface area contributed by atoms with Crippen LogP contribution in [0.15, 0.2) is 48.7 Å². The third kappa shape index (κ3) is 3.30. The molecule has 22 heavy (non-hydrogen) atoms. The van der Waals surface area contributed by atoms with Crippen molar-refractivity contribution in [2.75, 3.05) is 6.54 Å². The van der Waals surface area contributed by atoms with Gasteiger partial charge in [0.15, 0.2) is 0 Å². The summed E-state index contributed by atoms with van der Waals surface area (Å²) in [6.07, 6.45) is 2.75. The highest BCUT2D eigenvalue weighted by atomic mass is 127. The number of amides is 1. The van der Waals surface area contributed by atoms with Crippen molar-refractivity contribution in [1.29, 1.82) is 0 Å². The van der Waals surface area contributed by atoms with Crippen molar-refractivity contribution in [3.05, 3.63) is 69.2 Å². The van der Waals surface area contributed by atoms with Crippen LogP contribution in [0.5, 0.6) is 0 Å². The minimum Gasteiger partial charge on any atom is -0.352 e. The second kappa shape index (κ2) is 6.48. The molecule has 0 spiro atoms. The Hall–Kier alpha value is -1.89. The summed E-state index contributed by atoms with van der Waals surface area (Å²) in [7, 11) is 0. The molecular formula is C17H16IN3O. The number of nitrogens with zero attached hydrogens (tertiary/aromatic N) is 2. The van der Waals surface area contributed by atoms with E-state index in [-0.39, 0.29) is 5.91 Å². The SMILES string of the molecule is Cc1cccc2nc(CCNC(=O)c3ccc(I)cc3)cn12. The normalized spacial score (nSPS) is 10.8. The lowest BCUT2D eigenvalue weighted by Crippen LogP contribution is -2.25. The Balaban J connectivity index is 1.61. The van der Waals surface area contributed by atoms with Crippen molar-refractivity contribution in [1.82, 2.24) is 14.7 Å². The number of imidazole rings is 1. The van der Waals surface area contributed by atoms with Crippen LogP contribution in [0.3, 0.4) is 0 Å². The Morgan fingerprint density at radius 1 is 1.23 bits per heavy atom. The predicted molar refractivity (Wildman–Crippen MR) is 95.1 cm³/mol. The molecule has 112 valence electrons. The minimum atomic E-state index is -0.0451. The van der Waals surface area contributed by atoms with Crippen molar-refractivity contribution in [2.24, 2.45) is 0 Å². The van der Waals surface area contributed by atoms with Gasteiger partial charge in [0.1, 0.15) is 5.65 Å². The Bertz CT molecular complexity index is 808. The molecule has 0 bridgehead atoms. The second-order valence-electron chi connectivity index (χ2n) is 5.14. The van der Waals surface area contributed by atoms with Crippen LogP contribution < -0.4 is 5.32 Å². The van der Waals surface area contributed by atoms with E-state index in [0.717, 1.165) is 27.0 Å². The molecule has 0 saturated carbocycles. The fourth-order valence-electron chi connectivity index (χ4n) is 2.33. The van der Waals surface area contributed by atoms with Crippen LogP contribution in [0.25, 0.3) is 5.65 Å². The molecule has 0 fully saturated rings. The second-order valence-corrected chi connectivity index (χ2v) is 6.39. The fraction of sp³-hybridized carbons (Fsp3) is 0.176.